The van der Waals surface area contributed by atoms with Gasteiger partial charge in [0.15, 0.2) is 0 Å². The Morgan fingerprint density at radius 3 is 2.83 bits per heavy atom. The zero-order valence-electron chi connectivity index (χ0n) is 9.57. The minimum atomic E-state index is -0.521. The third-order valence-corrected chi connectivity index (χ3v) is 3.49. The fraction of sp³-hybridized carbons (Fsp3) is 0.364. The molecule has 96 valence electrons. The van der Waals surface area contributed by atoms with Crippen LogP contribution in [-0.2, 0) is 4.79 Å². The smallest absolute Gasteiger partial charge is 0.295 e. The monoisotopic (exact) mass is 267 g/mol. The molecule has 2 N–H and O–H groups in total. The molecular weight excluding hydrogens is 254 g/mol. The number of hydrogen-bond donors (Lipinski definition) is 2. The highest BCUT2D eigenvalue weighted by Gasteiger charge is 2.34. The summed E-state index contributed by atoms with van der Waals surface area (Å²) in [5.74, 6) is 0.540. The summed E-state index contributed by atoms with van der Waals surface area (Å²) in [5, 5.41) is 11.0. The summed E-state index contributed by atoms with van der Waals surface area (Å²) in [4.78, 5) is 23.7. The number of para-hydroxylation sites is 1. The van der Waals surface area contributed by atoms with Crippen LogP contribution < -0.4 is 10.6 Å². The van der Waals surface area contributed by atoms with Gasteiger partial charge in [-0.15, -0.1) is 0 Å². The fourth-order valence-corrected chi connectivity index (χ4v) is 2.35. The summed E-state index contributed by atoms with van der Waals surface area (Å²) in [7, 11) is 0. The molecule has 1 aromatic rings. The van der Waals surface area contributed by atoms with Crippen LogP contribution in [0.1, 0.15) is 6.42 Å². The molecule has 0 aromatic heterocycles. The van der Waals surface area contributed by atoms with Gasteiger partial charge in [-0.3, -0.25) is 14.9 Å². The number of amides is 1. The van der Waals surface area contributed by atoms with Gasteiger partial charge in [0.05, 0.1) is 10.6 Å². The maximum absolute atomic E-state index is 11.9. The number of benzene rings is 1. The minimum absolute atomic E-state index is 0.111. The van der Waals surface area contributed by atoms with E-state index in [-0.39, 0.29) is 28.9 Å². The van der Waals surface area contributed by atoms with Gasteiger partial charge in [-0.25, -0.2) is 0 Å². The van der Waals surface area contributed by atoms with Crippen molar-refractivity contribution in [2.75, 3.05) is 22.9 Å². The van der Waals surface area contributed by atoms with E-state index in [9.17, 15) is 14.9 Å². The van der Waals surface area contributed by atoms with Crippen molar-refractivity contribution < 1.29 is 9.72 Å². The summed E-state index contributed by atoms with van der Waals surface area (Å²) < 4.78 is 0. The largest absolute Gasteiger partial charge is 0.397 e. The van der Waals surface area contributed by atoms with Crippen molar-refractivity contribution in [3.05, 3.63) is 28.3 Å². The summed E-state index contributed by atoms with van der Waals surface area (Å²) in [6.07, 6.45) is 0.356. The zero-order chi connectivity index (χ0) is 13.3. The Labute approximate surface area is 109 Å². The molecule has 6 nitrogen and oxygen atoms in total. The maximum atomic E-state index is 11.9. The number of thiol groups is 1. The SMILES string of the molecule is Nc1cccc([N+](=O)[O-])c1N1CC(CS)CC1=O. The van der Waals surface area contributed by atoms with E-state index in [0.29, 0.717) is 18.7 Å². The van der Waals surface area contributed by atoms with Gasteiger partial charge < -0.3 is 10.6 Å². The average molecular weight is 267 g/mol. The molecule has 0 radical (unpaired) electrons. The Morgan fingerprint density at radius 1 is 1.56 bits per heavy atom. The lowest BCUT2D eigenvalue weighted by Crippen LogP contribution is -2.26. The maximum Gasteiger partial charge on any atom is 0.295 e. The molecule has 1 aliphatic heterocycles. The highest BCUT2D eigenvalue weighted by molar-refractivity contribution is 7.80. The van der Waals surface area contributed by atoms with Gasteiger partial charge in [0.25, 0.3) is 5.69 Å². The number of rotatable bonds is 3. The molecule has 1 aromatic carbocycles. The second kappa shape index (κ2) is 4.85. The Balaban J connectivity index is 2.45. The molecule has 0 bridgehead atoms. The third kappa shape index (κ3) is 2.13. The molecule has 1 unspecified atom stereocenters. The van der Waals surface area contributed by atoms with Crippen molar-refractivity contribution in [3.63, 3.8) is 0 Å². The van der Waals surface area contributed by atoms with Gasteiger partial charge >= 0.3 is 0 Å². The highest BCUT2D eigenvalue weighted by atomic mass is 32.1. The number of hydrogen-bond acceptors (Lipinski definition) is 5. The van der Waals surface area contributed by atoms with Crippen molar-refractivity contribution in [2.45, 2.75) is 6.42 Å². The first kappa shape index (κ1) is 12.7. The minimum Gasteiger partial charge on any atom is -0.397 e. The van der Waals surface area contributed by atoms with Crippen LogP contribution in [-0.4, -0.2) is 23.1 Å². The van der Waals surface area contributed by atoms with E-state index in [1.54, 1.807) is 6.07 Å². The zero-order valence-corrected chi connectivity index (χ0v) is 10.5. The molecule has 0 aliphatic carbocycles. The van der Waals surface area contributed by atoms with E-state index >= 15 is 0 Å². The quantitative estimate of drug-likeness (QED) is 0.375. The number of nitro benzene ring substituents is 1. The average Bonchev–Trinajstić information content (AvgIpc) is 2.70. The van der Waals surface area contributed by atoms with Crippen LogP contribution in [0.2, 0.25) is 0 Å². The predicted octanol–water partition coefficient (Wildman–Crippen LogP) is 1.46. The van der Waals surface area contributed by atoms with Crippen LogP contribution in [0.3, 0.4) is 0 Å². The highest BCUT2D eigenvalue weighted by Crippen LogP contribution is 2.37. The number of carbonyl (C=O) groups is 1. The second-order valence-electron chi connectivity index (χ2n) is 4.23. The standard InChI is InChI=1S/C11H13N3O3S/c12-8-2-1-3-9(14(16)17)11(8)13-5-7(6-18)4-10(13)15/h1-3,7,18H,4-6,12H2. The van der Waals surface area contributed by atoms with Gasteiger partial charge in [0.2, 0.25) is 5.91 Å². The lowest BCUT2D eigenvalue weighted by Gasteiger charge is -2.18. The van der Waals surface area contributed by atoms with Crippen LogP contribution in [0.4, 0.5) is 17.1 Å². The molecule has 0 saturated carbocycles. The van der Waals surface area contributed by atoms with Crippen molar-refractivity contribution in [2.24, 2.45) is 5.92 Å². The molecule has 2 rings (SSSR count). The molecule has 1 saturated heterocycles. The number of nitrogens with zero attached hydrogens (tertiary/aromatic N) is 2. The van der Waals surface area contributed by atoms with Gasteiger partial charge in [-0.2, -0.15) is 12.6 Å². The Bertz CT molecular complexity index is 506. The van der Waals surface area contributed by atoms with Crippen LogP contribution >= 0.6 is 12.6 Å². The summed E-state index contributed by atoms with van der Waals surface area (Å²) in [6, 6.07) is 4.42. The molecule has 1 atom stereocenters. The topological polar surface area (TPSA) is 89.5 Å². The number of anilines is 2. The Kier molecular flexibility index (Phi) is 3.42. The molecule has 7 heteroatoms. The van der Waals surface area contributed by atoms with Crippen molar-refractivity contribution in [1.29, 1.82) is 0 Å². The predicted molar refractivity (Wildman–Crippen MR) is 71.8 cm³/mol. The van der Waals surface area contributed by atoms with E-state index in [4.69, 9.17) is 5.73 Å². The van der Waals surface area contributed by atoms with Crippen molar-refractivity contribution >= 4 is 35.6 Å². The van der Waals surface area contributed by atoms with Crippen LogP contribution in [0.15, 0.2) is 18.2 Å². The van der Waals surface area contributed by atoms with Crippen LogP contribution in [0.5, 0.6) is 0 Å². The molecule has 0 spiro atoms. The van der Waals surface area contributed by atoms with Crippen LogP contribution in [0, 0.1) is 16.0 Å². The normalized spacial score (nSPS) is 19.3. The van der Waals surface area contributed by atoms with E-state index in [1.165, 1.54) is 17.0 Å². The van der Waals surface area contributed by atoms with Crippen molar-refractivity contribution in [1.82, 2.24) is 0 Å². The number of carbonyl (C=O) groups excluding carboxylic acids is 1. The third-order valence-electron chi connectivity index (χ3n) is 2.98. The number of nitro groups is 1. The number of nitrogen functional groups attached to an aromatic ring is 1. The van der Waals surface area contributed by atoms with Gasteiger partial charge in [0, 0.05) is 19.0 Å². The summed E-state index contributed by atoms with van der Waals surface area (Å²) in [5.41, 5.74) is 6.09. The van der Waals surface area contributed by atoms with Crippen LogP contribution in [0.25, 0.3) is 0 Å². The first-order valence-corrected chi connectivity index (χ1v) is 6.12. The first-order chi connectivity index (χ1) is 8.54. The Hall–Kier alpha value is -1.76. The Morgan fingerprint density at radius 2 is 2.28 bits per heavy atom. The van der Waals surface area contributed by atoms with E-state index in [1.807, 2.05) is 0 Å². The molecule has 1 amide bonds. The second-order valence-corrected chi connectivity index (χ2v) is 4.59. The molecule has 1 heterocycles. The molecular formula is C11H13N3O3S. The molecule has 1 aliphatic rings. The summed E-state index contributed by atoms with van der Waals surface area (Å²) in [6.45, 7) is 0.428. The van der Waals surface area contributed by atoms with Gasteiger partial charge in [0.1, 0.15) is 5.69 Å². The van der Waals surface area contributed by atoms with E-state index in [0.717, 1.165) is 0 Å². The molecule has 18 heavy (non-hydrogen) atoms. The fourth-order valence-electron chi connectivity index (χ4n) is 2.11. The molecule has 1 fully saturated rings. The lowest BCUT2D eigenvalue weighted by molar-refractivity contribution is -0.384. The summed E-state index contributed by atoms with van der Waals surface area (Å²) >= 11 is 4.16. The first-order valence-electron chi connectivity index (χ1n) is 5.48. The van der Waals surface area contributed by atoms with Gasteiger partial charge in [-0.05, 0) is 17.7 Å². The van der Waals surface area contributed by atoms with E-state index < -0.39 is 4.92 Å². The number of nitrogens with two attached hydrogens (primary N) is 1. The van der Waals surface area contributed by atoms with E-state index in [2.05, 4.69) is 12.6 Å². The lowest BCUT2D eigenvalue weighted by atomic mass is 10.1. The van der Waals surface area contributed by atoms with Gasteiger partial charge in [-0.1, -0.05) is 6.07 Å². The van der Waals surface area contributed by atoms with Crippen molar-refractivity contribution in [3.8, 4) is 0 Å².